The minimum absolute atomic E-state index is 0.0302. The number of morpholine rings is 1. The molecule has 2 heterocycles. The number of benzene rings is 1. The maximum Gasteiger partial charge on any atom is 0.130 e. The van der Waals surface area contributed by atoms with Crippen LogP contribution < -0.4 is 4.90 Å². The lowest BCUT2D eigenvalue weighted by Crippen LogP contribution is -2.50. The largest absolute Gasteiger partial charge is 0.394 e. The van der Waals surface area contributed by atoms with Crippen molar-refractivity contribution in [3.63, 3.8) is 0 Å². The van der Waals surface area contributed by atoms with Crippen LogP contribution in [0.3, 0.4) is 0 Å². The fourth-order valence-corrected chi connectivity index (χ4v) is 2.84. The summed E-state index contributed by atoms with van der Waals surface area (Å²) in [6, 6.07) is 9.45. The number of hydrogen-bond acceptors (Lipinski definition) is 5. The highest BCUT2D eigenvalue weighted by molar-refractivity contribution is 6.31. The molecule has 0 aliphatic carbocycles. The molecule has 2 aromatic rings. The fourth-order valence-electron chi connectivity index (χ4n) is 2.67. The maximum atomic E-state index is 9.41. The van der Waals surface area contributed by atoms with Crippen LogP contribution in [0.5, 0.6) is 0 Å². The molecule has 22 heavy (non-hydrogen) atoms. The first-order valence-electron chi connectivity index (χ1n) is 7.12. The molecule has 1 aliphatic heterocycles. The molecule has 114 valence electrons. The molecule has 1 fully saturated rings. The minimum Gasteiger partial charge on any atom is -0.394 e. The first kappa shape index (κ1) is 15.0. The normalized spacial score (nSPS) is 21.8. The molecule has 1 aromatic carbocycles. The second-order valence-corrected chi connectivity index (χ2v) is 5.88. The van der Waals surface area contributed by atoms with Gasteiger partial charge < -0.3 is 14.7 Å². The number of fused-ring (bicyclic) bond motifs is 1. The van der Waals surface area contributed by atoms with Crippen LogP contribution in [0, 0.1) is 11.3 Å². The number of aromatic nitrogens is 1. The second kappa shape index (κ2) is 6.09. The highest BCUT2D eigenvalue weighted by Gasteiger charge is 2.27. The van der Waals surface area contributed by atoms with E-state index in [0.717, 1.165) is 16.7 Å². The summed E-state index contributed by atoms with van der Waals surface area (Å²) in [4.78, 5) is 6.72. The number of rotatable bonds is 2. The Morgan fingerprint density at radius 2 is 2.32 bits per heavy atom. The van der Waals surface area contributed by atoms with Crippen molar-refractivity contribution < 1.29 is 9.84 Å². The van der Waals surface area contributed by atoms with Crippen LogP contribution in [-0.4, -0.2) is 42.0 Å². The predicted octanol–water partition coefficient (Wildman–Crippen LogP) is 2.35. The van der Waals surface area contributed by atoms with Gasteiger partial charge in [-0.2, -0.15) is 5.26 Å². The quantitative estimate of drug-likeness (QED) is 0.920. The van der Waals surface area contributed by atoms with Gasteiger partial charge in [0.25, 0.3) is 0 Å². The third kappa shape index (κ3) is 2.73. The summed E-state index contributed by atoms with van der Waals surface area (Å²) in [6.45, 7) is 3.08. The topological polar surface area (TPSA) is 69.4 Å². The molecule has 0 saturated carbocycles. The molecule has 6 heteroatoms. The number of ether oxygens (including phenoxy) is 1. The van der Waals surface area contributed by atoms with Crippen molar-refractivity contribution in [2.24, 2.45) is 0 Å². The van der Waals surface area contributed by atoms with Crippen LogP contribution in [0.15, 0.2) is 24.3 Å². The molecule has 1 saturated heterocycles. The van der Waals surface area contributed by atoms with Gasteiger partial charge in [-0.25, -0.2) is 4.98 Å². The molecule has 1 N–H and O–H groups in total. The molecule has 0 amide bonds. The van der Waals surface area contributed by atoms with Crippen molar-refractivity contribution >= 4 is 28.3 Å². The summed E-state index contributed by atoms with van der Waals surface area (Å²) in [5, 5.41) is 20.0. The molecule has 3 rings (SSSR count). The Morgan fingerprint density at radius 3 is 3.05 bits per heavy atom. The van der Waals surface area contributed by atoms with Crippen molar-refractivity contribution in [2.45, 2.75) is 19.1 Å². The smallest absolute Gasteiger partial charge is 0.130 e. The van der Waals surface area contributed by atoms with Crippen molar-refractivity contribution in [3.8, 4) is 6.07 Å². The Kier molecular flexibility index (Phi) is 4.16. The van der Waals surface area contributed by atoms with E-state index in [-0.39, 0.29) is 18.8 Å². The van der Waals surface area contributed by atoms with Crippen LogP contribution in [0.25, 0.3) is 10.9 Å². The maximum absolute atomic E-state index is 9.41. The van der Waals surface area contributed by atoms with Gasteiger partial charge in [0.05, 0.1) is 42.5 Å². The summed E-state index contributed by atoms with van der Waals surface area (Å²) in [7, 11) is 0. The zero-order valence-electron chi connectivity index (χ0n) is 12.2. The zero-order chi connectivity index (χ0) is 15.7. The fraction of sp³-hybridized carbons (Fsp3) is 0.375. The summed E-state index contributed by atoms with van der Waals surface area (Å²) < 4.78 is 5.55. The minimum atomic E-state index is -0.232. The number of nitriles is 1. The first-order valence-corrected chi connectivity index (χ1v) is 7.49. The van der Waals surface area contributed by atoms with Crippen LogP contribution >= 0.6 is 11.6 Å². The van der Waals surface area contributed by atoms with Gasteiger partial charge in [-0.1, -0.05) is 11.6 Å². The van der Waals surface area contributed by atoms with E-state index in [0.29, 0.717) is 23.7 Å². The van der Waals surface area contributed by atoms with E-state index in [9.17, 15) is 10.4 Å². The van der Waals surface area contributed by atoms with E-state index in [2.05, 4.69) is 16.0 Å². The van der Waals surface area contributed by atoms with Gasteiger partial charge in [-0.15, -0.1) is 0 Å². The Bertz CT molecular complexity index is 744. The summed E-state index contributed by atoms with van der Waals surface area (Å²) in [5.74, 6) is 0.723. The standard InChI is InChI=1S/C16H16ClN3O2/c1-10-9-22-13(8-21)7-20(10)16-4-11(6-18)14-5-12(17)2-3-15(14)19-16/h2-5,10,13,21H,7-9H2,1H3. The van der Waals surface area contributed by atoms with E-state index >= 15 is 0 Å². The molecule has 0 spiro atoms. The lowest BCUT2D eigenvalue weighted by Gasteiger charge is -2.38. The monoisotopic (exact) mass is 317 g/mol. The summed E-state index contributed by atoms with van der Waals surface area (Å²) in [6.07, 6.45) is -0.232. The number of aliphatic hydroxyl groups excluding tert-OH is 1. The molecule has 1 aliphatic rings. The first-order chi connectivity index (χ1) is 10.6. The van der Waals surface area contributed by atoms with Gasteiger partial charge in [-0.3, -0.25) is 0 Å². The third-order valence-corrected chi connectivity index (χ3v) is 4.12. The average molecular weight is 318 g/mol. The van der Waals surface area contributed by atoms with Crippen LogP contribution in [0.1, 0.15) is 12.5 Å². The lowest BCUT2D eigenvalue weighted by atomic mass is 10.1. The van der Waals surface area contributed by atoms with Gasteiger partial charge in [0.2, 0.25) is 0 Å². The van der Waals surface area contributed by atoms with Crippen molar-refractivity contribution in [1.29, 1.82) is 5.26 Å². The number of anilines is 1. The second-order valence-electron chi connectivity index (χ2n) is 5.44. The van der Waals surface area contributed by atoms with Gasteiger partial charge >= 0.3 is 0 Å². The molecule has 0 radical (unpaired) electrons. The van der Waals surface area contributed by atoms with E-state index < -0.39 is 0 Å². The Hall–Kier alpha value is -1.87. The molecule has 1 aromatic heterocycles. The van der Waals surface area contributed by atoms with Gasteiger partial charge in [0.15, 0.2) is 0 Å². The molecule has 2 atom stereocenters. The summed E-state index contributed by atoms with van der Waals surface area (Å²) in [5.41, 5.74) is 1.28. The van der Waals surface area contributed by atoms with Gasteiger partial charge in [-0.05, 0) is 31.2 Å². The molecule has 5 nitrogen and oxygen atoms in total. The molecular weight excluding hydrogens is 302 g/mol. The van der Waals surface area contributed by atoms with Crippen LogP contribution in [0.2, 0.25) is 5.02 Å². The van der Waals surface area contributed by atoms with Gasteiger partial charge in [0.1, 0.15) is 5.82 Å². The Balaban J connectivity index is 2.07. The SMILES string of the molecule is CC1COC(CO)CN1c1cc(C#N)c2cc(Cl)ccc2n1. The van der Waals surface area contributed by atoms with E-state index in [1.165, 1.54) is 0 Å². The highest BCUT2D eigenvalue weighted by Crippen LogP contribution is 2.27. The number of aliphatic hydroxyl groups is 1. The highest BCUT2D eigenvalue weighted by atomic mass is 35.5. The number of nitrogens with zero attached hydrogens (tertiary/aromatic N) is 3. The Morgan fingerprint density at radius 1 is 1.50 bits per heavy atom. The number of halogens is 1. The van der Waals surface area contributed by atoms with Crippen LogP contribution in [0.4, 0.5) is 5.82 Å². The Labute approximate surface area is 133 Å². The predicted molar refractivity (Wildman–Crippen MR) is 85.1 cm³/mol. The van der Waals surface area contributed by atoms with Crippen molar-refractivity contribution in [2.75, 3.05) is 24.7 Å². The van der Waals surface area contributed by atoms with E-state index in [1.807, 2.05) is 13.0 Å². The van der Waals surface area contributed by atoms with Crippen molar-refractivity contribution in [3.05, 3.63) is 34.9 Å². The van der Waals surface area contributed by atoms with Gasteiger partial charge in [0, 0.05) is 17.0 Å². The zero-order valence-corrected chi connectivity index (χ0v) is 12.9. The average Bonchev–Trinajstić information content (AvgIpc) is 2.54. The molecule has 0 bridgehead atoms. The van der Waals surface area contributed by atoms with E-state index in [1.54, 1.807) is 18.2 Å². The van der Waals surface area contributed by atoms with Crippen LogP contribution in [-0.2, 0) is 4.74 Å². The number of hydrogen-bond donors (Lipinski definition) is 1. The molecule has 2 unspecified atom stereocenters. The summed E-state index contributed by atoms with van der Waals surface area (Å²) >= 11 is 6.01. The molecular formula is C16H16ClN3O2. The lowest BCUT2D eigenvalue weighted by molar-refractivity contribution is -0.0105. The van der Waals surface area contributed by atoms with Crippen molar-refractivity contribution in [1.82, 2.24) is 4.98 Å². The van der Waals surface area contributed by atoms with E-state index in [4.69, 9.17) is 16.3 Å². The third-order valence-electron chi connectivity index (χ3n) is 3.88. The number of pyridine rings is 1.